The van der Waals surface area contributed by atoms with Crippen molar-refractivity contribution in [2.45, 2.75) is 19.4 Å². The van der Waals surface area contributed by atoms with Crippen LogP contribution in [0.4, 0.5) is 5.69 Å². The van der Waals surface area contributed by atoms with Crippen molar-refractivity contribution in [1.29, 1.82) is 0 Å². The van der Waals surface area contributed by atoms with E-state index in [1.807, 2.05) is 18.7 Å². The summed E-state index contributed by atoms with van der Waals surface area (Å²) in [6.07, 6.45) is 0.754. The molecule has 1 heterocycles. The van der Waals surface area contributed by atoms with Gasteiger partial charge in [0.15, 0.2) is 0 Å². The van der Waals surface area contributed by atoms with E-state index in [4.69, 9.17) is 11.6 Å². The Morgan fingerprint density at radius 2 is 2.17 bits per heavy atom. The van der Waals surface area contributed by atoms with E-state index in [2.05, 4.69) is 5.32 Å². The molecule has 1 aromatic rings. The lowest BCUT2D eigenvalue weighted by molar-refractivity contribution is -0.126. The predicted molar refractivity (Wildman–Crippen MR) is 71.3 cm³/mol. The molecule has 96 valence electrons. The first-order valence-corrected chi connectivity index (χ1v) is 6.15. The van der Waals surface area contributed by atoms with E-state index in [1.54, 1.807) is 18.2 Å². The summed E-state index contributed by atoms with van der Waals surface area (Å²) in [4.78, 5) is 24.5. The molecule has 1 aliphatic rings. The molecule has 0 atom stereocenters. The van der Waals surface area contributed by atoms with E-state index >= 15 is 0 Å². The topological polar surface area (TPSA) is 49.4 Å². The van der Waals surface area contributed by atoms with Crippen LogP contribution >= 0.6 is 11.6 Å². The summed E-state index contributed by atoms with van der Waals surface area (Å²) in [7, 11) is 0. The number of nitrogens with zero attached hydrogens (tertiary/aromatic N) is 1. The Kier molecular flexibility index (Phi) is 3.30. The molecule has 0 aliphatic carbocycles. The van der Waals surface area contributed by atoms with Crippen LogP contribution in [0.1, 0.15) is 24.2 Å². The van der Waals surface area contributed by atoms with Gasteiger partial charge in [-0.1, -0.05) is 11.6 Å². The third-order valence-corrected chi connectivity index (χ3v) is 3.55. The maximum Gasteiger partial charge on any atom is 0.245 e. The van der Waals surface area contributed by atoms with Crippen LogP contribution in [-0.2, 0) is 4.79 Å². The van der Waals surface area contributed by atoms with E-state index < -0.39 is 5.54 Å². The number of hydrogen-bond donors (Lipinski definition) is 1. The lowest BCUT2D eigenvalue weighted by Crippen LogP contribution is -2.62. The second-order valence-electron chi connectivity index (χ2n) is 4.80. The lowest BCUT2D eigenvalue weighted by atomic mass is 9.97. The molecule has 18 heavy (non-hydrogen) atoms. The summed E-state index contributed by atoms with van der Waals surface area (Å²) in [5.41, 5.74) is 0.662. The molecule has 1 aliphatic heterocycles. The Hall–Kier alpha value is -1.55. The van der Waals surface area contributed by atoms with E-state index in [0.29, 0.717) is 23.7 Å². The highest BCUT2D eigenvalue weighted by Crippen LogP contribution is 2.32. The monoisotopic (exact) mass is 266 g/mol. The summed E-state index contributed by atoms with van der Waals surface area (Å²) in [5, 5.41) is 3.32. The van der Waals surface area contributed by atoms with Gasteiger partial charge in [0.2, 0.25) is 5.91 Å². The molecule has 4 nitrogen and oxygen atoms in total. The number of anilines is 1. The number of halogens is 1. The van der Waals surface area contributed by atoms with Gasteiger partial charge in [-0.3, -0.25) is 9.59 Å². The third-order valence-electron chi connectivity index (χ3n) is 3.25. The van der Waals surface area contributed by atoms with Crippen molar-refractivity contribution in [2.75, 3.05) is 18.0 Å². The first kappa shape index (κ1) is 12.9. The summed E-state index contributed by atoms with van der Waals surface area (Å²) in [6, 6.07) is 5.11. The lowest BCUT2D eigenvalue weighted by Gasteiger charge is -2.43. The summed E-state index contributed by atoms with van der Waals surface area (Å²) >= 11 is 6.18. The minimum atomic E-state index is -0.648. The molecular weight excluding hydrogens is 252 g/mol. The summed E-state index contributed by atoms with van der Waals surface area (Å²) in [6.45, 7) is 4.99. The van der Waals surface area contributed by atoms with Crippen molar-refractivity contribution in [1.82, 2.24) is 5.32 Å². The molecule has 2 rings (SSSR count). The van der Waals surface area contributed by atoms with Gasteiger partial charge in [-0.15, -0.1) is 0 Å². The molecule has 5 heteroatoms. The van der Waals surface area contributed by atoms with Gasteiger partial charge in [0.05, 0.1) is 10.7 Å². The number of carbonyl (C=O) groups excluding carboxylic acids is 2. The van der Waals surface area contributed by atoms with Crippen LogP contribution in [-0.4, -0.2) is 30.8 Å². The van der Waals surface area contributed by atoms with Crippen molar-refractivity contribution >= 4 is 29.5 Å². The molecule has 0 radical (unpaired) electrons. The second kappa shape index (κ2) is 4.61. The Labute approximate surface area is 111 Å². The van der Waals surface area contributed by atoms with Gasteiger partial charge < -0.3 is 10.2 Å². The number of hydrogen-bond acceptors (Lipinski definition) is 3. The van der Waals surface area contributed by atoms with Crippen LogP contribution in [0, 0.1) is 0 Å². The smallest absolute Gasteiger partial charge is 0.245 e. The molecule has 0 saturated carbocycles. The van der Waals surface area contributed by atoms with Gasteiger partial charge >= 0.3 is 0 Å². The number of carbonyl (C=O) groups is 2. The predicted octanol–water partition coefficient (Wildman–Crippen LogP) is 1.87. The maximum absolute atomic E-state index is 11.9. The third kappa shape index (κ3) is 2.08. The highest BCUT2D eigenvalue weighted by molar-refractivity contribution is 6.33. The fourth-order valence-electron chi connectivity index (χ4n) is 2.14. The summed E-state index contributed by atoms with van der Waals surface area (Å²) in [5.74, 6) is -0.0238. The van der Waals surface area contributed by atoms with Gasteiger partial charge in [0, 0.05) is 18.7 Å². The Morgan fingerprint density at radius 3 is 2.78 bits per heavy atom. The number of amides is 1. The number of nitrogens with one attached hydrogen (secondary N) is 1. The average molecular weight is 267 g/mol. The normalized spacial score (nSPS) is 18.4. The van der Waals surface area contributed by atoms with Gasteiger partial charge in [-0.05, 0) is 32.0 Å². The zero-order valence-electron chi connectivity index (χ0n) is 10.4. The van der Waals surface area contributed by atoms with Gasteiger partial charge in [-0.25, -0.2) is 0 Å². The number of rotatable bonds is 2. The molecule has 0 spiro atoms. The zero-order valence-corrected chi connectivity index (χ0v) is 11.1. The van der Waals surface area contributed by atoms with Crippen LogP contribution in [0.5, 0.6) is 0 Å². The van der Waals surface area contributed by atoms with Crippen LogP contribution < -0.4 is 10.2 Å². The van der Waals surface area contributed by atoms with E-state index in [1.165, 1.54) is 0 Å². The standard InChI is InChI=1S/C13H15ClN2O2/c1-13(2)12(18)15-5-6-16(13)11-4-3-9(8-17)7-10(11)14/h3-4,7-8H,5-6H2,1-2H3,(H,15,18). The zero-order chi connectivity index (χ0) is 13.3. The van der Waals surface area contributed by atoms with Gasteiger partial charge in [-0.2, -0.15) is 0 Å². The van der Waals surface area contributed by atoms with Crippen LogP contribution in [0.2, 0.25) is 5.02 Å². The van der Waals surface area contributed by atoms with Gasteiger partial charge in [0.1, 0.15) is 11.8 Å². The van der Waals surface area contributed by atoms with Crippen LogP contribution in [0.15, 0.2) is 18.2 Å². The summed E-state index contributed by atoms with van der Waals surface area (Å²) < 4.78 is 0. The largest absolute Gasteiger partial charge is 0.355 e. The molecule has 1 N–H and O–H groups in total. The van der Waals surface area contributed by atoms with E-state index in [-0.39, 0.29) is 5.91 Å². The molecule has 1 saturated heterocycles. The van der Waals surface area contributed by atoms with Crippen molar-refractivity contribution in [3.8, 4) is 0 Å². The van der Waals surface area contributed by atoms with Crippen LogP contribution in [0.25, 0.3) is 0 Å². The van der Waals surface area contributed by atoms with E-state index in [9.17, 15) is 9.59 Å². The second-order valence-corrected chi connectivity index (χ2v) is 5.20. The molecule has 1 amide bonds. The van der Waals surface area contributed by atoms with Crippen molar-refractivity contribution in [2.24, 2.45) is 0 Å². The van der Waals surface area contributed by atoms with E-state index in [0.717, 1.165) is 12.0 Å². The molecule has 0 unspecified atom stereocenters. The van der Waals surface area contributed by atoms with Crippen molar-refractivity contribution in [3.63, 3.8) is 0 Å². The highest BCUT2D eigenvalue weighted by Gasteiger charge is 2.38. The quantitative estimate of drug-likeness (QED) is 0.832. The van der Waals surface area contributed by atoms with Crippen molar-refractivity contribution < 1.29 is 9.59 Å². The Bertz CT molecular complexity index is 500. The van der Waals surface area contributed by atoms with Crippen molar-refractivity contribution in [3.05, 3.63) is 28.8 Å². The number of aldehydes is 1. The minimum Gasteiger partial charge on any atom is -0.355 e. The molecule has 0 bridgehead atoms. The molecule has 1 aromatic carbocycles. The Morgan fingerprint density at radius 1 is 1.44 bits per heavy atom. The van der Waals surface area contributed by atoms with Crippen LogP contribution in [0.3, 0.4) is 0 Å². The molecular formula is C13H15ClN2O2. The SMILES string of the molecule is CC1(C)C(=O)NCCN1c1ccc(C=O)cc1Cl. The van der Waals surface area contributed by atoms with Gasteiger partial charge in [0.25, 0.3) is 0 Å². The Balaban J connectivity index is 2.41. The minimum absolute atomic E-state index is 0.0238. The first-order valence-electron chi connectivity index (χ1n) is 5.77. The average Bonchev–Trinajstić information content (AvgIpc) is 2.33. The molecule has 0 aromatic heterocycles. The highest BCUT2D eigenvalue weighted by atomic mass is 35.5. The fraction of sp³-hybridized carbons (Fsp3) is 0.385. The first-order chi connectivity index (χ1) is 8.46. The number of piperazine rings is 1. The number of benzene rings is 1. The molecule has 1 fully saturated rings. The maximum atomic E-state index is 11.9. The fourth-order valence-corrected chi connectivity index (χ4v) is 2.43.